The Hall–Kier alpha value is -2.22. The highest BCUT2D eigenvalue weighted by molar-refractivity contribution is 7.47. The normalized spacial score (nSPS) is 15.1. The lowest BCUT2D eigenvalue weighted by atomic mass is 10.1. The van der Waals surface area contributed by atoms with Gasteiger partial charge in [-0.1, -0.05) is 139 Å². The van der Waals surface area contributed by atoms with Crippen molar-refractivity contribution in [1.29, 1.82) is 0 Å². The largest absolute Gasteiger partial charge is 0.472 e. The molecule has 60 heavy (non-hydrogen) atoms. The number of carbonyl (C=O) groups excluding carboxylic acids is 2. The second kappa shape index (κ2) is 39.6. The molecule has 0 aromatic rings. The van der Waals surface area contributed by atoms with Crippen LogP contribution in [0.15, 0.2) is 60.8 Å². The number of phosphoric ester groups is 2. The first-order valence-corrected chi connectivity index (χ1v) is 25.1. The molecule has 0 aromatic heterocycles. The second-order valence-corrected chi connectivity index (χ2v) is 17.5. The van der Waals surface area contributed by atoms with Gasteiger partial charge in [0.25, 0.3) is 0 Å². The zero-order valence-electron chi connectivity index (χ0n) is 36.4. The number of phosphoric acid groups is 2. The average molecular weight is 893 g/mol. The summed E-state index contributed by atoms with van der Waals surface area (Å²) in [4.78, 5) is 52.7. The van der Waals surface area contributed by atoms with Gasteiger partial charge in [-0.2, -0.15) is 0 Å². The van der Waals surface area contributed by atoms with Crippen LogP contribution in [0.1, 0.15) is 162 Å². The minimum Gasteiger partial charge on any atom is -0.462 e. The standard InChI is InChI=1S/C44H78O14P2/c1-3-5-7-8-9-10-11-12-13-14-15-16-17-20-24-27-31-35-44(48)58-42(39-57-60(52,53)56-37-41(46)36-55-59(49,50)51)38-54-43(47)34-30-26-23-21-18-19-22-25-29-33-40(45)32-28-6-4-2/h6,9-10,12-13,22,25,28-29,33,40-42,45-46H,3-5,7-8,11,14-21,23-24,26-27,30-32,34-39H2,1-2H3,(H,52,53)(H2,49,50,51)/b10-9-,13-12-,25-22+,28-6+,33-29+/t40?,41-,42+/m0/s1. The number of ether oxygens (including phenoxy) is 2. The Morgan fingerprint density at radius 3 is 1.70 bits per heavy atom. The van der Waals surface area contributed by atoms with E-state index in [4.69, 9.17) is 23.8 Å². The van der Waals surface area contributed by atoms with E-state index in [1.54, 1.807) is 6.08 Å². The van der Waals surface area contributed by atoms with Gasteiger partial charge in [-0.25, -0.2) is 9.13 Å². The summed E-state index contributed by atoms with van der Waals surface area (Å²) in [7, 11) is -9.70. The first-order chi connectivity index (χ1) is 28.8. The lowest BCUT2D eigenvalue weighted by molar-refractivity contribution is -0.161. The molecule has 14 nitrogen and oxygen atoms in total. The molecule has 0 aliphatic rings. The monoisotopic (exact) mass is 892 g/mol. The number of aliphatic hydroxyl groups is 2. The number of carbonyl (C=O) groups is 2. The van der Waals surface area contributed by atoms with Crippen LogP contribution in [0, 0.1) is 0 Å². The van der Waals surface area contributed by atoms with Crippen molar-refractivity contribution >= 4 is 27.6 Å². The van der Waals surface area contributed by atoms with Gasteiger partial charge in [0.05, 0.1) is 25.9 Å². The Kier molecular flexibility index (Phi) is 38.1. The van der Waals surface area contributed by atoms with E-state index in [1.165, 1.54) is 19.3 Å². The van der Waals surface area contributed by atoms with Crippen molar-refractivity contribution in [2.45, 2.75) is 180 Å². The first-order valence-electron chi connectivity index (χ1n) is 22.1. The van der Waals surface area contributed by atoms with E-state index < -0.39 is 72.3 Å². The van der Waals surface area contributed by atoms with E-state index in [2.05, 4.69) is 46.4 Å². The van der Waals surface area contributed by atoms with E-state index >= 15 is 0 Å². The van der Waals surface area contributed by atoms with Crippen molar-refractivity contribution in [3.63, 3.8) is 0 Å². The molecule has 5 N–H and O–H groups in total. The molecule has 0 rings (SSSR count). The van der Waals surface area contributed by atoms with Crippen molar-refractivity contribution in [3.05, 3.63) is 60.8 Å². The molecule has 0 radical (unpaired) electrons. The van der Waals surface area contributed by atoms with Gasteiger partial charge in [-0.3, -0.25) is 23.2 Å². The Balaban J connectivity index is 4.59. The SMILES string of the molecule is CC/C=C/CC(O)/C=C/C=C/CCCCCCCC(=O)OC[C@H](COP(=O)(O)OC[C@@H](O)COP(=O)(O)O)OC(=O)CCCCCCCCC/C=C\C/C=C\CCCCC. The van der Waals surface area contributed by atoms with Crippen LogP contribution in [-0.2, 0) is 41.8 Å². The topological polar surface area (TPSA) is 216 Å². The van der Waals surface area contributed by atoms with Gasteiger partial charge in [0.2, 0.25) is 0 Å². The quantitative estimate of drug-likeness (QED) is 0.0127. The molecular weight excluding hydrogens is 814 g/mol. The van der Waals surface area contributed by atoms with Crippen molar-refractivity contribution in [3.8, 4) is 0 Å². The van der Waals surface area contributed by atoms with Crippen LogP contribution in [-0.4, -0.2) is 81.6 Å². The fraction of sp³-hybridized carbons (Fsp3) is 0.727. The van der Waals surface area contributed by atoms with Gasteiger partial charge < -0.3 is 34.4 Å². The number of hydrogen-bond acceptors (Lipinski definition) is 11. The highest BCUT2D eigenvalue weighted by Gasteiger charge is 2.28. The summed E-state index contributed by atoms with van der Waals surface area (Å²) in [6.07, 6.45) is 38.2. The highest BCUT2D eigenvalue weighted by Crippen LogP contribution is 2.43. The molecule has 0 saturated heterocycles. The minimum atomic E-state index is -4.87. The van der Waals surface area contributed by atoms with Crippen molar-refractivity contribution in [1.82, 2.24) is 0 Å². The molecule has 0 aliphatic heterocycles. The Labute approximate surface area is 360 Å². The van der Waals surface area contributed by atoms with Gasteiger partial charge in [0.1, 0.15) is 12.7 Å². The van der Waals surface area contributed by atoms with E-state index in [-0.39, 0.29) is 12.8 Å². The molecule has 0 fully saturated rings. The van der Waals surface area contributed by atoms with E-state index in [1.807, 2.05) is 31.2 Å². The molecule has 0 aliphatic carbocycles. The van der Waals surface area contributed by atoms with Crippen LogP contribution in [0.5, 0.6) is 0 Å². The summed E-state index contributed by atoms with van der Waals surface area (Å²) in [6.45, 7) is 1.47. The van der Waals surface area contributed by atoms with Gasteiger partial charge >= 0.3 is 27.6 Å². The Morgan fingerprint density at radius 2 is 1.10 bits per heavy atom. The number of allylic oxidation sites excluding steroid dienone is 8. The molecule has 348 valence electrons. The van der Waals surface area contributed by atoms with E-state index in [0.717, 1.165) is 96.3 Å². The predicted molar refractivity (Wildman–Crippen MR) is 236 cm³/mol. The van der Waals surface area contributed by atoms with Crippen molar-refractivity contribution < 1.29 is 66.7 Å². The summed E-state index contributed by atoms with van der Waals surface area (Å²) < 4.78 is 47.7. The van der Waals surface area contributed by atoms with Crippen LogP contribution < -0.4 is 0 Å². The molecule has 0 saturated carbocycles. The third-order valence-electron chi connectivity index (χ3n) is 8.96. The third-order valence-corrected chi connectivity index (χ3v) is 10.4. The van der Waals surface area contributed by atoms with Gasteiger partial charge in [-0.05, 0) is 70.6 Å². The van der Waals surface area contributed by atoms with Crippen LogP contribution in [0.2, 0.25) is 0 Å². The summed E-state index contributed by atoms with van der Waals surface area (Å²) in [5.41, 5.74) is 0. The Bertz CT molecular complexity index is 1310. The maximum atomic E-state index is 12.7. The highest BCUT2D eigenvalue weighted by atomic mass is 31.2. The van der Waals surface area contributed by atoms with Gasteiger partial charge in [-0.15, -0.1) is 0 Å². The zero-order chi connectivity index (χ0) is 44.6. The molecule has 0 aromatic carbocycles. The fourth-order valence-electron chi connectivity index (χ4n) is 5.59. The van der Waals surface area contributed by atoms with Crippen LogP contribution in [0.4, 0.5) is 0 Å². The number of aliphatic hydroxyl groups excluding tert-OH is 2. The predicted octanol–water partition coefficient (Wildman–Crippen LogP) is 10.2. The number of esters is 2. The van der Waals surface area contributed by atoms with Crippen LogP contribution in [0.3, 0.4) is 0 Å². The van der Waals surface area contributed by atoms with Crippen LogP contribution >= 0.6 is 15.6 Å². The van der Waals surface area contributed by atoms with E-state index in [0.29, 0.717) is 19.3 Å². The molecule has 0 heterocycles. The third kappa shape index (κ3) is 42.5. The molecular formula is C44H78O14P2. The van der Waals surface area contributed by atoms with Gasteiger partial charge in [0.15, 0.2) is 6.10 Å². The number of unbranched alkanes of at least 4 members (excludes halogenated alkanes) is 15. The number of hydrogen-bond donors (Lipinski definition) is 5. The second-order valence-electron chi connectivity index (χ2n) is 14.8. The average Bonchev–Trinajstić information content (AvgIpc) is 3.20. The molecule has 16 heteroatoms. The first kappa shape index (κ1) is 57.8. The maximum Gasteiger partial charge on any atom is 0.472 e. The lowest BCUT2D eigenvalue weighted by Crippen LogP contribution is -2.30. The molecule has 0 bridgehead atoms. The summed E-state index contributed by atoms with van der Waals surface area (Å²) in [5, 5.41) is 19.6. The molecule has 0 amide bonds. The molecule has 0 spiro atoms. The van der Waals surface area contributed by atoms with Crippen molar-refractivity contribution in [2.24, 2.45) is 0 Å². The minimum absolute atomic E-state index is 0.105. The lowest BCUT2D eigenvalue weighted by Gasteiger charge is -2.20. The van der Waals surface area contributed by atoms with Crippen molar-refractivity contribution in [2.75, 3.05) is 26.4 Å². The summed E-state index contributed by atoms with van der Waals surface area (Å²) in [5.74, 6) is -1.10. The van der Waals surface area contributed by atoms with Crippen LogP contribution in [0.25, 0.3) is 0 Å². The molecule has 2 unspecified atom stereocenters. The van der Waals surface area contributed by atoms with Gasteiger partial charge in [0, 0.05) is 12.8 Å². The Morgan fingerprint density at radius 1 is 0.567 bits per heavy atom. The molecule has 4 atom stereocenters. The fourth-order valence-corrected chi connectivity index (χ4v) is 6.75. The summed E-state index contributed by atoms with van der Waals surface area (Å²) >= 11 is 0. The van der Waals surface area contributed by atoms with E-state index in [9.17, 15) is 33.8 Å². The number of rotatable bonds is 41. The maximum absolute atomic E-state index is 12.7. The zero-order valence-corrected chi connectivity index (χ0v) is 38.2. The summed E-state index contributed by atoms with van der Waals surface area (Å²) in [6, 6.07) is 0. The smallest absolute Gasteiger partial charge is 0.462 e.